The number of benzene rings is 2. The molecule has 0 radical (unpaired) electrons. The molecular formula is C22H28N2O6S. The summed E-state index contributed by atoms with van der Waals surface area (Å²) in [5.41, 5.74) is 1.24. The fraction of sp³-hybridized carbons (Fsp3) is 0.409. The van der Waals surface area contributed by atoms with Crippen LogP contribution in [0.1, 0.15) is 31.9 Å². The second-order valence-corrected chi connectivity index (χ2v) is 9.17. The van der Waals surface area contributed by atoms with Gasteiger partial charge in [0.1, 0.15) is 25.0 Å². The molecule has 1 heterocycles. The highest BCUT2D eigenvalue weighted by Gasteiger charge is 2.32. The summed E-state index contributed by atoms with van der Waals surface area (Å²) in [4.78, 5) is 13.1. The first-order valence-electron chi connectivity index (χ1n) is 10.1. The number of hydrogen-bond acceptors (Lipinski definition) is 6. The molecule has 168 valence electrons. The molecule has 2 atom stereocenters. The van der Waals surface area contributed by atoms with E-state index in [0.29, 0.717) is 42.6 Å². The minimum absolute atomic E-state index is 0.304. The molecule has 0 aromatic heterocycles. The van der Waals surface area contributed by atoms with Gasteiger partial charge < -0.3 is 19.5 Å². The number of anilines is 1. The van der Waals surface area contributed by atoms with Crippen LogP contribution in [-0.2, 0) is 14.8 Å². The van der Waals surface area contributed by atoms with Crippen LogP contribution >= 0.6 is 0 Å². The number of carbonyl (C=O) groups is 1. The van der Waals surface area contributed by atoms with Gasteiger partial charge in [-0.15, -0.1) is 0 Å². The van der Waals surface area contributed by atoms with E-state index in [1.807, 2.05) is 25.1 Å². The maximum Gasteiger partial charge on any atom is 0.244 e. The Bertz CT molecular complexity index is 1020. The highest BCUT2D eigenvalue weighted by molar-refractivity contribution is 7.92. The summed E-state index contributed by atoms with van der Waals surface area (Å²) in [6, 6.07) is 10.8. The van der Waals surface area contributed by atoms with Crippen LogP contribution < -0.4 is 23.8 Å². The fourth-order valence-electron chi connectivity index (χ4n) is 3.51. The second-order valence-electron chi connectivity index (χ2n) is 7.31. The lowest BCUT2D eigenvalue weighted by Gasteiger charge is -2.31. The van der Waals surface area contributed by atoms with Gasteiger partial charge in [-0.05, 0) is 55.3 Å². The van der Waals surface area contributed by atoms with Gasteiger partial charge in [-0.1, -0.05) is 13.0 Å². The number of methoxy groups -OCH3 is 1. The van der Waals surface area contributed by atoms with Gasteiger partial charge >= 0.3 is 0 Å². The predicted octanol–water partition coefficient (Wildman–Crippen LogP) is 2.89. The number of amides is 1. The molecule has 31 heavy (non-hydrogen) atoms. The fourth-order valence-corrected chi connectivity index (χ4v) is 4.72. The summed E-state index contributed by atoms with van der Waals surface area (Å²) >= 11 is 0. The Morgan fingerprint density at radius 3 is 2.35 bits per heavy atom. The van der Waals surface area contributed by atoms with Crippen LogP contribution in [0.5, 0.6) is 17.2 Å². The van der Waals surface area contributed by atoms with Crippen molar-refractivity contribution in [3.05, 3.63) is 48.0 Å². The van der Waals surface area contributed by atoms with Crippen molar-refractivity contribution >= 4 is 21.6 Å². The molecule has 0 spiro atoms. The predicted molar refractivity (Wildman–Crippen MR) is 118 cm³/mol. The summed E-state index contributed by atoms with van der Waals surface area (Å²) in [5, 5.41) is 2.93. The Morgan fingerprint density at radius 2 is 1.77 bits per heavy atom. The molecule has 9 heteroatoms. The van der Waals surface area contributed by atoms with Gasteiger partial charge in [0.25, 0.3) is 0 Å². The van der Waals surface area contributed by atoms with Crippen LogP contribution in [-0.4, -0.2) is 46.9 Å². The molecule has 3 rings (SSSR count). The number of fused-ring (bicyclic) bond motifs is 1. The van der Waals surface area contributed by atoms with Crippen LogP contribution in [0, 0.1) is 0 Å². The summed E-state index contributed by atoms with van der Waals surface area (Å²) in [7, 11) is -2.18. The van der Waals surface area contributed by atoms with Crippen molar-refractivity contribution in [1.29, 1.82) is 0 Å². The quantitative estimate of drug-likeness (QED) is 0.667. The van der Waals surface area contributed by atoms with Crippen molar-refractivity contribution in [3.63, 3.8) is 0 Å². The third-order valence-corrected chi connectivity index (χ3v) is 6.26. The van der Waals surface area contributed by atoms with E-state index >= 15 is 0 Å². The molecule has 1 aliphatic rings. The smallest absolute Gasteiger partial charge is 0.244 e. The van der Waals surface area contributed by atoms with Gasteiger partial charge in [0, 0.05) is 0 Å². The molecule has 0 saturated heterocycles. The van der Waals surface area contributed by atoms with Crippen LogP contribution in [0.4, 0.5) is 5.69 Å². The Morgan fingerprint density at radius 1 is 1.13 bits per heavy atom. The zero-order chi connectivity index (χ0) is 22.6. The van der Waals surface area contributed by atoms with E-state index in [1.54, 1.807) is 31.2 Å². The highest BCUT2D eigenvalue weighted by atomic mass is 32.2. The lowest BCUT2D eigenvalue weighted by Crippen LogP contribution is -2.49. The summed E-state index contributed by atoms with van der Waals surface area (Å²) in [5.74, 6) is 1.52. The Balaban J connectivity index is 1.82. The second kappa shape index (κ2) is 9.47. The van der Waals surface area contributed by atoms with E-state index in [4.69, 9.17) is 14.2 Å². The molecule has 0 fully saturated rings. The van der Waals surface area contributed by atoms with Crippen LogP contribution in [0.3, 0.4) is 0 Å². The zero-order valence-corrected chi connectivity index (χ0v) is 18.9. The molecule has 0 unspecified atom stereocenters. The van der Waals surface area contributed by atoms with Gasteiger partial charge in [0.05, 0.1) is 25.1 Å². The first-order valence-corrected chi connectivity index (χ1v) is 11.9. The van der Waals surface area contributed by atoms with Gasteiger partial charge in [-0.2, -0.15) is 0 Å². The Hall–Kier alpha value is -2.94. The van der Waals surface area contributed by atoms with Gasteiger partial charge in [0.15, 0.2) is 11.5 Å². The largest absolute Gasteiger partial charge is 0.497 e. The molecule has 1 N–H and O–H groups in total. The number of sulfonamides is 1. The minimum Gasteiger partial charge on any atom is -0.497 e. The zero-order valence-electron chi connectivity index (χ0n) is 18.1. The van der Waals surface area contributed by atoms with Crippen LogP contribution in [0.25, 0.3) is 0 Å². The number of nitrogens with zero attached hydrogens (tertiary/aromatic N) is 1. The van der Waals surface area contributed by atoms with E-state index in [2.05, 4.69) is 5.32 Å². The summed E-state index contributed by atoms with van der Waals surface area (Å²) < 4.78 is 42.6. The van der Waals surface area contributed by atoms with Crippen molar-refractivity contribution in [3.8, 4) is 17.2 Å². The van der Waals surface area contributed by atoms with Gasteiger partial charge in [0.2, 0.25) is 15.9 Å². The van der Waals surface area contributed by atoms with Crippen LogP contribution in [0.2, 0.25) is 0 Å². The SMILES string of the molecule is CC[C@H](C(=O)N[C@H](C)c1ccc2c(c1)OCCO2)N(c1ccc(OC)cc1)S(C)(=O)=O. The third-order valence-electron chi connectivity index (χ3n) is 5.08. The number of ether oxygens (including phenoxy) is 3. The van der Waals surface area contributed by atoms with E-state index in [-0.39, 0.29) is 11.9 Å². The van der Waals surface area contributed by atoms with Crippen molar-refractivity contribution in [2.45, 2.75) is 32.4 Å². The molecule has 0 aliphatic carbocycles. The summed E-state index contributed by atoms with van der Waals surface area (Å²) in [6.07, 6.45) is 1.40. The van der Waals surface area contributed by atoms with Crippen molar-refractivity contribution in [1.82, 2.24) is 5.32 Å². The van der Waals surface area contributed by atoms with E-state index < -0.39 is 16.1 Å². The first-order chi connectivity index (χ1) is 14.7. The van der Waals surface area contributed by atoms with Crippen molar-refractivity contribution in [2.24, 2.45) is 0 Å². The molecule has 1 amide bonds. The maximum absolute atomic E-state index is 13.1. The lowest BCUT2D eigenvalue weighted by molar-refractivity contribution is -0.122. The number of carbonyl (C=O) groups excluding carboxylic acids is 1. The summed E-state index contributed by atoms with van der Waals surface area (Å²) in [6.45, 7) is 4.60. The molecular weight excluding hydrogens is 420 g/mol. The molecule has 0 bridgehead atoms. The molecule has 0 saturated carbocycles. The first kappa shape index (κ1) is 22.7. The number of nitrogens with one attached hydrogen (secondary N) is 1. The molecule has 8 nitrogen and oxygen atoms in total. The van der Waals surface area contributed by atoms with Gasteiger partial charge in [-0.3, -0.25) is 9.10 Å². The van der Waals surface area contributed by atoms with Crippen molar-refractivity contribution in [2.75, 3.05) is 30.9 Å². The monoisotopic (exact) mass is 448 g/mol. The topological polar surface area (TPSA) is 94.2 Å². The number of hydrogen-bond donors (Lipinski definition) is 1. The van der Waals surface area contributed by atoms with Gasteiger partial charge in [-0.25, -0.2) is 8.42 Å². The van der Waals surface area contributed by atoms with E-state index in [9.17, 15) is 13.2 Å². The average Bonchev–Trinajstić information content (AvgIpc) is 2.76. The molecule has 2 aromatic rings. The molecule has 1 aliphatic heterocycles. The third kappa shape index (κ3) is 5.22. The van der Waals surface area contributed by atoms with Crippen molar-refractivity contribution < 1.29 is 27.4 Å². The number of rotatable bonds is 8. The lowest BCUT2D eigenvalue weighted by atomic mass is 10.1. The van der Waals surface area contributed by atoms with E-state index in [1.165, 1.54) is 7.11 Å². The standard InChI is InChI=1S/C22H28N2O6S/c1-5-19(24(31(4,26)27)17-7-9-18(28-3)10-8-17)22(25)23-15(2)16-6-11-20-21(14-16)30-13-12-29-20/h6-11,14-15,19H,5,12-13H2,1-4H3,(H,23,25)/t15-,19-/m1/s1. The van der Waals surface area contributed by atoms with E-state index in [0.717, 1.165) is 16.1 Å². The minimum atomic E-state index is -3.71. The maximum atomic E-state index is 13.1. The Kier molecular flexibility index (Phi) is 6.94. The average molecular weight is 449 g/mol. The highest BCUT2D eigenvalue weighted by Crippen LogP contribution is 2.33. The molecule has 2 aromatic carbocycles. The van der Waals surface area contributed by atoms with Crippen LogP contribution in [0.15, 0.2) is 42.5 Å². The normalized spacial score (nSPS) is 15.0. The Labute approximate surface area is 183 Å².